The van der Waals surface area contributed by atoms with Crippen LogP contribution in [0.2, 0.25) is 0 Å². The minimum atomic E-state index is -0.251. The van der Waals surface area contributed by atoms with Crippen LogP contribution in [0.15, 0.2) is 29.8 Å². The fourth-order valence-electron chi connectivity index (χ4n) is 3.67. The Hall–Kier alpha value is -2.05. The van der Waals surface area contributed by atoms with Gasteiger partial charge in [0, 0.05) is 13.2 Å². The van der Waals surface area contributed by atoms with Crippen molar-refractivity contribution in [3.63, 3.8) is 0 Å². The molecule has 0 aromatic heterocycles. The maximum atomic E-state index is 11.7. The fourth-order valence-corrected chi connectivity index (χ4v) is 3.67. The zero-order valence-electron chi connectivity index (χ0n) is 18.2. The second-order valence-corrected chi connectivity index (χ2v) is 7.46. The second kappa shape index (κ2) is 11.8. The molecule has 2 rings (SSSR count). The quantitative estimate of drug-likeness (QED) is 0.315. The van der Waals surface area contributed by atoms with Crippen LogP contribution in [-0.4, -0.2) is 39.7 Å². The van der Waals surface area contributed by atoms with E-state index in [0.717, 1.165) is 36.8 Å². The second-order valence-electron chi connectivity index (χ2n) is 7.46. The van der Waals surface area contributed by atoms with E-state index in [2.05, 4.69) is 0 Å². The molecule has 0 N–H and O–H groups in total. The van der Waals surface area contributed by atoms with Crippen LogP contribution in [0.25, 0.3) is 0 Å². The molecule has 1 aliphatic carbocycles. The van der Waals surface area contributed by atoms with E-state index < -0.39 is 0 Å². The number of carbonyl (C=O) groups excluding carboxylic acids is 1. The topological polar surface area (TPSA) is 63.2 Å². The first-order chi connectivity index (χ1) is 14.0. The lowest BCUT2D eigenvalue weighted by atomic mass is 9.80. The van der Waals surface area contributed by atoms with Crippen molar-refractivity contribution in [3.8, 4) is 11.5 Å². The van der Waals surface area contributed by atoms with E-state index in [1.54, 1.807) is 20.3 Å². The minimum absolute atomic E-state index is 0.0442. The molecule has 0 radical (unpaired) electrons. The van der Waals surface area contributed by atoms with E-state index in [-0.39, 0.29) is 25.0 Å². The number of hydrogen-bond donors (Lipinski definition) is 0. The van der Waals surface area contributed by atoms with Crippen molar-refractivity contribution in [2.24, 2.45) is 5.92 Å². The first-order valence-corrected chi connectivity index (χ1v) is 10.3. The van der Waals surface area contributed by atoms with Gasteiger partial charge in [-0.15, -0.1) is 0 Å². The molecule has 6 nitrogen and oxygen atoms in total. The number of ether oxygens (including phenoxy) is 5. The number of carbonyl (C=O) groups is 1. The summed E-state index contributed by atoms with van der Waals surface area (Å²) in [5.41, 5.74) is 2.19. The van der Waals surface area contributed by atoms with Gasteiger partial charge in [-0.25, -0.2) is 4.79 Å². The summed E-state index contributed by atoms with van der Waals surface area (Å²) in [7, 11) is 3.26. The van der Waals surface area contributed by atoms with Crippen molar-refractivity contribution < 1.29 is 28.5 Å². The number of hydrogen-bond acceptors (Lipinski definition) is 6. The predicted molar refractivity (Wildman–Crippen MR) is 111 cm³/mol. The molecule has 1 fully saturated rings. The van der Waals surface area contributed by atoms with Gasteiger partial charge in [-0.1, -0.05) is 11.6 Å². The maximum Gasteiger partial charge on any atom is 0.330 e. The largest absolute Gasteiger partial charge is 0.493 e. The summed E-state index contributed by atoms with van der Waals surface area (Å²) in [6, 6.07) is 5.95. The monoisotopic (exact) mass is 406 g/mol. The van der Waals surface area contributed by atoms with Crippen LogP contribution in [0.4, 0.5) is 0 Å². The van der Waals surface area contributed by atoms with Gasteiger partial charge < -0.3 is 23.7 Å². The Morgan fingerprint density at radius 3 is 2.48 bits per heavy atom. The van der Waals surface area contributed by atoms with Crippen LogP contribution >= 0.6 is 0 Å². The average Bonchev–Trinajstić information content (AvgIpc) is 2.69. The zero-order valence-corrected chi connectivity index (χ0v) is 18.2. The number of esters is 1. The molecule has 29 heavy (non-hydrogen) atoms. The molecule has 1 saturated carbocycles. The molecule has 1 aromatic carbocycles. The van der Waals surface area contributed by atoms with Crippen LogP contribution in [-0.2, 0) is 19.0 Å². The fraction of sp³-hybridized carbons (Fsp3) is 0.609. The normalized spacial score (nSPS) is 17.7. The van der Waals surface area contributed by atoms with E-state index in [9.17, 15) is 4.79 Å². The molecule has 0 amide bonds. The van der Waals surface area contributed by atoms with Gasteiger partial charge in [-0.05, 0) is 70.1 Å². The Morgan fingerprint density at radius 1 is 1.17 bits per heavy atom. The van der Waals surface area contributed by atoms with Gasteiger partial charge in [-0.3, -0.25) is 0 Å². The molecule has 1 unspecified atom stereocenters. The molecule has 1 aromatic rings. The van der Waals surface area contributed by atoms with Crippen LogP contribution < -0.4 is 9.47 Å². The summed E-state index contributed by atoms with van der Waals surface area (Å²) in [6.45, 7) is 6.42. The SMILES string of the molecule is CCOC(=O)C=C1CCC(C(OCOC)c2ccc(OC)c(OC(C)C)c2)CC1. The molecule has 6 heteroatoms. The molecule has 0 spiro atoms. The lowest BCUT2D eigenvalue weighted by Crippen LogP contribution is -2.21. The van der Waals surface area contributed by atoms with Gasteiger partial charge in [0.1, 0.15) is 6.79 Å². The summed E-state index contributed by atoms with van der Waals surface area (Å²) in [5, 5.41) is 0. The van der Waals surface area contributed by atoms with Crippen molar-refractivity contribution in [2.75, 3.05) is 27.6 Å². The van der Waals surface area contributed by atoms with E-state index in [1.807, 2.05) is 39.0 Å². The summed E-state index contributed by atoms with van der Waals surface area (Å²) >= 11 is 0. The first-order valence-electron chi connectivity index (χ1n) is 10.3. The summed E-state index contributed by atoms with van der Waals surface area (Å²) in [5.74, 6) is 1.49. The van der Waals surface area contributed by atoms with E-state index in [1.165, 1.54) is 0 Å². The van der Waals surface area contributed by atoms with Crippen LogP contribution in [0, 0.1) is 5.92 Å². The molecule has 0 saturated heterocycles. The highest BCUT2D eigenvalue weighted by Crippen LogP contribution is 2.41. The Balaban J connectivity index is 2.17. The molecule has 1 aliphatic rings. The minimum Gasteiger partial charge on any atom is -0.493 e. The van der Waals surface area contributed by atoms with E-state index in [0.29, 0.717) is 24.0 Å². The molecule has 0 bridgehead atoms. The van der Waals surface area contributed by atoms with Gasteiger partial charge >= 0.3 is 5.97 Å². The third kappa shape index (κ3) is 7.05. The molecule has 0 aliphatic heterocycles. The van der Waals surface area contributed by atoms with Gasteiger partial charge in [-0.2, -0.15) is 0 Å². The summed E-state index contributed by atoms with van der Waals surface area (Å²) in [4.78, 5) is 11.7. The van der Waals surface area contributed by atoms with E-state index in [4.69, 9.17) is 23.7 Å². The summed E-state index contributed by atoms with van der Waals surface area (Å²) in [6.07, 6.45) is 5.18. The third-order valence-electron chi connectivity index (χ3n) is 4.95. The number of allylic oxidation sites excluding steroid dienone is 1. The highest BCUT2D eigenvalue weighted by Gasteiger charge is 2.28. The zero-order chi connectivity index (χ0) is 21.2. The highest BCUT2D eigenvalue weighted by atomic mass is 16.7. The Bertz CT molecular complexity index is 672. The van der Waals surface area contributed by atoms with Gasteiger partial charge in [0.2, 0.25) is 0 Å². The summed E-state index contributed by atoms with van der Waals surface area (Å²) < 4.78 is 27.6. The van der Waals surface area contributed by atoms with Crippen molar-refractivity contribution in [1.29, 1.82) is 0 Å². The lowest BCUT2D eigenvalue weighted by Gasteiger charge is -2.32. The smallest absolute Gasteiger partial charge is 0.330 e. The van der Waals surface area contributed by atoms with Crippen molar-refractivity contribution in [2.45, 2.75) is 58.7 Å². The number of benzene rings is 1. The van der Waals surface area contributed by atoms with Crippen molar-refractivity contribution in [1.82, 2.24) is 0 Å². The van der Waals surface area contributed by atoms with Gasteiger partial charge in [0.15, 0.2) is 11.5 Å². The Labute approximate surface area is 174 Å². The van der Waals surface area contributed by atoms with Gasteiger partial charge in [0.25, 0.3) is 0 Å². The van der Waals surface area contributed by atoms with Crippen molar-refractivity contribution in [3.05, 3.63) is 35.4 Å². The molecule has 162 valence electrons. The average molecular weight is 407 g/mol. The van der Waals surface area contributed by atoms with Crippen LogP contribution in [0.1, 0.15) is 58.1 Å². The molecular formula is C23H34O6. The van der Waals surface area contributed by atoms with E-state index >= 15 is 0 Å². The van der Waals surface area contributed by atoms with Crippen molar-refractivity contribution >= 4 is 5.97 Å². The predicted octanol–water partition coefficient (Wildman–Crippen LogP) is 4.82. The number of methoxy groups -OCH3 is 2. The Morgan fingerprint density at radius 2 is 1.90 bits per heavy atom. The first kappa shape index (κ1) is 23.2. The number of rotatable bonds is 10. The lowest BCUT2D eigenvalue weighted by molar-refractivity contribution is -0.137. The maximum absolute atomic E-state index is 11.7. The van der Waals surface area contributed by atoms with Gasteiger partial charge in [0.05, 0.1) is 25.9 Å². The Kier molecular flexibility index (Phi) is 9.48. The molecular weight excluding hydrogens is 372 g/mol. The standard InChI is InChI=1S/C23H34O6/c1-6-27-22(24)13-17-7-9-18(10-8-17)23(28-15-25-4)19-11-12-20(26-5)21(14-19)29-16(2)3/h11-14,16,18,23H,6-10,15H2,1-5H3. The molecule has 1 atom stereocenters. The van der Waals surface area contributed by atoms with Crippen LogP contribution in [0.5, 0.6) is 11.5 Å². The molecule has 0 heterocycles. The third-order valence-corrected chi connectivity index (χ3v) is 4.95. The highest BCUT2D eigenvalue weighted by molar-refractivity contribution is 5.82. The van der Waals surface area contributed by atoms with Crippen LogP contribution in [0.3, 0.4) is 0 Å².